The molecule has 0 saturated heterocycles. The van der Waals surface area contributed by atoms with Crippen molar-refractivity contribution in [1.29, 1.82) is 0 Å². The van der Waals surface area contributed by atoms with Crippen molar-refractivity contribution in [2.45, 2.75) is 52.1 Å². The molecule has 0 radical (unpaired) electrons. The molecule has 0 amide bonds. The van der Waals surface area contributed by atoms with E-state index in [0.717, 1.165) is 18.4 Å². The molecule has 1 heterocycles. The van der Waals surface area contributed by atoms with E-state index in [2.05, 4.69) is 49.2 Å². The molecule has 2 heteroatoms. The lowest BCUT2D eigenvalue weighted by atomic mass is 10.1. The van der Waals surface area contributed by atoms with Crippen LogP contribution in [0.3, 0.4) is 0 Å². The first-order valence-corrected chi connectivity index (χ1v) is 7.07. The lowest BCUT2D eigenvalue weighted by Crippen LogP contribution is -2.17. The predicted octanol–water partition coefficient (Wildman–Crippen LogP) is 3.59. The van der Waals surface area contributed by atoms with Crippen molar-refractivity contribution in [3.05, 3.63) is 24.0 Å². The molecule has 0 aromatic carbocycles. The molecule has 0 spiro atoms. The van der Waals surface area contributed by atoms with Crippen LogP contribution in [0.25, 0.3) is 0 Å². The molecule has 1 aromatic heterocycles. The highest BCUT2D eigenvalue weighted by molar-refractivity contribution is 5.18. The van der Waals surface area contributed by atoms with Gasteiger partial charge in [0.05, 0.1) is 0 Å². The van der Waals surface area contributed by atoms with Crippen LogP contribution in [0.5, 0.6) is 0 Å². The molecule has 96 valence electrons. The summed E-state index contributed by atoms with van der Waals surface area (Å²) in [5.74, 6) is 1.66. The Morgan fingerprint density at radius 1 is 1.47 bits per heavy atom. The van der Waals surface area contributed by atoms with Gasteiger partial charge in [0.15, 0.2) is 0 Å². The summed E-state index contributed by atoms with van der Waals surface area (Å²) in [6.07, 6.45) is 9.98. The number of hydrogen-bond donors (Lipinski definition) is 1. The van der Waals surface area contributed by atoms with Crippen LogP contribution in [-0.4, -0.2) is 11.6 Å². The smallest absolute Gasteiger partial charge is 0.0361 e. The van der Waals surface area contributed by atoms with Crippen LogP contribution >= 0.6 is 0 Å². The van der Waals surface area contributed by atoms with E-state index in [4.69, 9.17) is 0 Å². The standard InChI is InChI=1S/C15H26N2/c1-4-5-12(2)10-17-9-8-14(11-17)15(16-3)13-6-7-13/h8-9,11-13,15-16H,4-7,10H2,1-3H3. The minimum Gasteiger partial charge on any atom is -0.354 e. The first-order valence-electron chi connectivity index (χ1n) is 7.07. The molecule has 2 atom stereocenters. The van der Waals surface area contributed by atoms with Gasteiger partial charge in [-0.15, -0.1) is 0 Å². The first-order chi connectivity index (χ1) is 8.24. The van der Waals surface area contributed by atoms with Gasteiger partial charge >= 0.3 is 0 Å². The summed E-state index contributed by atoms with van der Waals surface area (Å²) in [5.41, 5.74) is 1.47. The van der Waals surface area contributed by atoms with Crippen LogP contribution in [0.1, 0.15) is 51.1 Å². The van der Waals surface area contributed by atoms with Crippen molar-refractivity contribution in [3.8, 4) is 0 Å². The van der Waals surface area contributed by atoms with E-state index in [1.165, 1.54) is 31.2 Å². The molecule has 1 aromatic rings. The number of nitrogens with one attached hydrogen (secondary N) is 1. The zero-order valence-corrected chi connectivity index (χ0v) is 11.4. The third-order valence-electron chi connectivity index (χ3n) is 3.84. The fraction of sp³-hybridized carbons (Fsp3) is 0.733. The highest BCUT2D eigenvalue weighted by atomic mass is 15.0. The molecule has 1 N–H and O–H groups in total. The zero-order chi connectivity index (χ0) is 12.3. The monoisotopic (exact) mass is 234 g/mol. The lowest BCUT2D eigenvalue weighted by molar-refractivity contribution is 0.445. The normalized spacial score (nSPS) is 19.2. The largest absolute Gasteiger partial charge is 0.354 e. The third-order valence-corrected chi connectivity index (χ3v) is 3.84. The maximum atomic E-state index is 3.46. The van der Waals surface area contributed by atoms with Crippen LogP contribution in [0.2, 0.25) is 0 Å². The topological polar surface area (TPSA) is 17.0 Å². The Kier molecular flexibility index (Phi) is 4.27. The summed E-state index contributed by atoms with van der Waals surface area (Å²) in [4.78, 5) is 0. The first kappa shape index (κ1) is 12.7. The highest BCUT2D eigenvalue weighted by Crippen LogP contribution is 2.40. The number of nitrogens with zero attached hydrogens (tertiary/aromatic N) is 1. The Morgan fingerprint density at radius 2 is 2.24 bits per heavy atom. The Balaban J connectivity index is 1.94. The number of rotatable bonds is 7. The molecule has 0 aliphatic heterocycles. The van der Waals surface area contributed by atoms with Gasteiger partial charge in [0, 0.05) is 25.0 Å². The Bertz CT molecular complexity index is 338. The van der Waals surface area contributed by atoms with Crippen LogP contribution < -0.4 is 5.32 Å². The van der Waals surface area contributed by atoms with Gasteiger partial charge < -0.3 is 9.88 Å². The fourth-order valence-corrected chi connectivity index (χ4v) is 2.80. The van der Waals surface area contributed by atoms with Crippen LogP contribution in [0.4, 0.5) is 0 Å². The molecule has 0 bridgehead atoms. The second kappa shape index (κ2) is 5.72. The summed E-state index contributed by atoms with van der Waals surface area (Å²) in [7, 11) is 2.08. The van der Waals surface area contributed by atoms with Crippen LogP contribution in [-0.2, 0) is 6.54 Å². The Hall–Kier alpha value is -0.760. The van der Waals surface area contributed by atoms with Crippen molar-refractivity contribution < 1.29 is 0 Å². The zero-order valence-electron chi connectivity index (χ0n) is 11.4. The van der Waals surface area contributed by atoms with Crippen molar-refractivity contribution >= 4 is 0 Å². The molecule has 1 fully saturated rings. The Labute approximate surface area is 105 Å². The summed E-state index contributed by atoms with van der Waals surface area (Å²) in [6.45, 7) is 5.77. The molecule has 2 nitrogen and oxygen atoms in total. The molecule has 1 aliphatic rings. The van der Waals surface area contributed by atoms with Gasteiger partial charge in [0.25, 0.3) is 0 Å². The van der Waals surface area contributed by atoms with Crippen molar-refractivity contribution in [3.63, 3.8) is 0 Å². The summed E-state index contributed by atoms with van der Waals surface area (Å²) < 4.78 is 2.36. The molecule has 1 saturated carbocycles. The second-order valence-corrected chi connectivity index (χ2v) is 5.64. The molecular weight excluding hydrogens is 208 g/mol. The van der Waals surface area contributed by atoms with Gasteiger partial charge in [-0.3, -0.25) is 0 Å². The van der Waals surface area contributed by atoms with E-state index in [0.29, 0.717) is 6.04 Å². The molecule has 17 heavy (non-hydrogen) atoms. The van der Waals surface area contributed by atoms with Crippen LogP contribution in [0, 0.1) is 11.8 Å². The third kappa shape index (κ3) is 3.35. The van der Waals surface area contributed by atoms with E-state index < -0.39 is 0 Å². The van der Waals surface area contributed by atoms with Gasteiger partial charge in [-0.05, 0) is 49.8 Å². The lowest BCUT2D eigenvalue weighted by Gasteiger charge is -2.14. The van der Waals surface area contributed by atoms with Crippen molar-refractivity contribution in [2.24, 2.45) is 11.8 Å². The number of hydrogen-bond acceptors (Lipinski definition) is 1. The average Bonchev–Trinajstić information content (AvgIpc) is 3.02. The fourth-order valence-electron chi connectivity index (χ4n) is 2.80. The average molecular weight is 234 g/mol. The van der Waals surface area contributed by atoms with Gasteiger partial charge in [-0.25, -0.2) is 0 Å². The van der Waals surface area contributed by atoms with Gasteiger partial charge in [0.2, 0.25) is 0 Å². The summed E-state index contributed by atoms with van der Waals surface area (Å²) in [5, 5.41) is 3.46. The quantitative estimate of drug-likeness (QED) is 0.763. The second-order valence-electron chi connectivity index (χ2n) is 5.64. The van der Waals surface area contributed by atoms with Crippen molar-refractivity contribution in [1.82, 2.24) is 9.88 Å². The molecule has 2 rings (SSSR count). The van der Waals surface area contributed by atoms with Gasteiger partial charge in [-0.2, -0.15) is 0 Å². The van der Waals surface area contributed by atoms with Gasteiger partial charge in [-0.1, -0.05) is 20.3 Å². The van der Waals surface area contributed by atoms with E-state index in [1.54, 1.807) is 0 Å². The SMILES string of the molecule is CCCC(C)Cn1ccc(C(NC)C2CC2)c1. The molecule has 2 unspecified atom stereocenters. The van der Waals surface area contributed by atoms with Crippen LogP contribution in [0.15, 0.2) is 18.5 Å². The predicted molar refractivity (Wildman–Crippen MR) is 73.0 cm³/mol. The molecular formula is C15H26N2. The van der Waals surface area contributed by atoms with E-state index in [9.17, 15) is 0 Å². The maximum Gasteiger partial charge on any atom is 0.0361 e. The van der Waals surface area contributed by atoms with E-state index in [1.807, 2.05) is 0 Å². The van der Waals surface area contributed by atoms with E-state index >= 15 is 0 Å². The summed E-state index contributed by atoms with van der Waals surface area (Å²) >= 11 is 0. The maximum absolute atomic E-state index is 3.46. The summed E-state index contributed by atoms with van der Waals surface area (Å²) in [6, 6.07) is 2.87. The Morgan fingerprint density at radius 3 is 2.82 bits per heavy atom. The number of aromatic nitrogens is 1. The van der Waals surface area contributed by atoms with E-state index in [-0.39, 0.29) is 0 Å². The van der Waals surface area contributed by atoms with Crippen molar-refractivity contribution in [2.75, 3.05) is 7.05 Å². The molecule has 1 aliphatic carbocycles. The highest BCUT2D eigenvalue weighted by Gasteiger charge is 2.31. The minimum atomic E-state index is 0.581. The van der Waals surface area contributed by atoms with Gasteiger partial charge in [0.1, 0.15) is 0 Å². The minimum absolute atomic E-state index is 0.581.